The molecule has 28 heavy (non-hydrogen) atoms. The fourth-order valence-electron chi connectivity index (χ4n) is 3.81. The molecular weight excluding hydrogens is 370 g/mol. The molecule has 0 aliphatic carbocycles. The summed E-state index contributed by atoms with van der Waals surface area (Å²) in [6.07, 6.45) is 3.71. The van der Waals surface area contributed by atoms with Crippen LogP contribution >= 0.6 is 11.6 Å². The molecule has 0 amide bonds. The van der Waals surface area contributed by atoms with Crippen LogP contribution in [0.3, 0.4) is 0 Å². The van der Waals surface area contributed by atoms with Gasteiger partial charge in [-0.15, -0.1) is 11.6 Å². The number of rotatable bonds is 6. The van der Waals surface area contributed by atoms with Gasteiger partial charge in [-0.25, -0.2) is 9.97 Å². The average Bonchev–Trinajstić information content (AvgIpc) is 2.69. The molecule has 5 nitrogen and oxygen atoms in total. The molecule has 1 N–H and O–H groups in total. The van der Waals surface area contributed by atoms with E-state index in [4.69, 9.17) is 11.6 Å². The molecule has 3 rings (SSSR count). The third-order valence-electron chi connectivity index (χ3n) is 5.69. The van der Waals surface area contributed by atoms with E-state index in [-0.39, 0.29) is 11.3 Å². The lowest BCUT2D eigenvalue weighted by atomic mass is 9.96. The van der Waals surface area contributed by atoms with Crippen LogP contribution in [0, 0.1) is 18.3 Å². The fourth-order valence-corrected chi connectivity index (χ4v) is 3.94. The van der Waals surface area contributed by atoms with E-state index in [0.29, 0.717) is 6.04 Å². The van der Waals surface area contributed by atoms with Crippen LogP contribution in [0.1, 0.15) is 55.0 Å². The number of nitriles is 1. The number of nitrogens with one attached hydrogen (secondary N) is 1. The summed E-state index contributed by atoms with van der Waals surface area (Å²) in [5, 5.41) is 13.0. The summed E-state index contributed by atoms with van der Waals surface area (Å²) >= 11 is 6.36. The molecule has 2 heterocycles. The summed E-state index contributed by atoms with van der Waals surface area (Å²) in [5.41, 5.74) is 3.99. The number of nitrogens with zero attached hydrogens (tertiary/aromatic N) is 4. The number of anilines is 1. The lowest BCUT2D eigenvalue weighted by molar-refractivity contribution is 0.211. The van der Waals surface area contributed by atoms with Crippen molar-refractivity contribution in [2.24, 2.45) is 0 Å². The summed E-state index contributed by atoms with van der Waals surface area (Å²) in [4.78, 5) is 11.3. The lowest BCUT2D eigenvalue weighted by Crippen LogP contribution is -2.39. The number of hydrogen-bond acceptors (Lipinski definition) is 5. The minimum atomic E-state index is 0.0206. The SMILES string of the molecule is Cc1ncnc(NC2CCN(Cc3ccccc3C#N)CC2)c1C(C)C(C)Cl. The number of benzene rings is 1. The Kier molecular flexibility index (Phi) is 6.88. The van der Waals surface area contributed by atoms with E-state index >= 15 is 0 Å². The molecule has 1 saturated heterocycles. The second kappa shape index (κ2) is 9.36. The second-order valence-electron chi connectivity index (χ2n) is 7.65. The van der Waals surface area contributed by atoms with E-state index in [0.717, 1.165) is 60.7 Å². The first-order chi connectivity index (χ1) is 13.5. The Morgan fingerprint density at radius 3 is 2.64 bits per heavy atom. The Morgan fingerprint density at radius 2 is 1.96 bits per heavy atom. The van der Waals surface area contributed by atoms with Gasteiger partial charge in [-0.05, 0) is 38.3 Å². The quantitative estimate of drug-likeness (QED) is 0.729. The molecule has 2 aromatic rings. The summed E-state index contributed by atoms with van der Waals surface area (Å²) < 4.78 is 0. The Bertz CT molecular complexity index is 837. The lowest BCUT2D eigenvalue weighted by Gasteiger charge is -2.33. The van der Waals surface area contributed by atoms with Crippen molar-refractivity contribution < 1.29 is 0 Å². The summed E-state index contributed by atoms with van der Waals surface area (Å²) in [5.74, 6) is 1.11. The Morgan fingerprint density at radius 1 is 1.25 bits per heavy atom. The zero-order valence-electron chi connectivity index (χ0n) is 16.8. The van der Waals surface area contributed by atoms with E-state index in [2.05, 4.69) is 33.2 Å². The Hall–Kier alpha value is -2.16. The van der Waals surface area contributed by atoms with Gasteiger partial charge in [0, 0.05) is 48.2 Å². The van der Waals surface area contributed by atoms with E-state index in [9.17, 15) is 5.26 Å². The molecule has 2 atom stereocenters. The minimum absolute atomic E-state index is 0.0206. The van der Waals surface area contributed by atoms with Gasteiger partial charge in [0.25, 0.3) is 0 Å². The van der Waals surface area contributed by atoms with Crippen molar-refractivity contribution in [3.8, 4) is 6.07 Å². The molecule has 1 aromatic carbocycles. The summed E-state index contributed by atoms with van der Waals surface area (Å²) in [7, 11) is 0. The zero-order chi connectivity index (χ0) is 20.1. The zero-order valence-corrected chi connectivity index (χ0v) is 17.6. The van der Waals surface area contributed by atoms with Gasteiger partial charge in [0.05, 0.1) is 11.6 Å². The molecule has 148 valence electrons. The van der Waals surface area contributed by atoms with Crippen molar-refractivity contribution in [2.45, 2.75) is 57.5 Å². The standard InChI is InChI=1S/C22H28ClN5/c1-15(16(2)23)21-17(3)25-14-26-22(21)27-20-8-10-28(11-9-20)13-19-7-5-4-6-18(19)12-24/h4-7,14-16,20H,8-11,13H2,1-3H3,(H,25,26,27). The molecule has 0 radical (unpaired) electrons. The molecule has 0 saturated carbocycles. The fraction of sp³-hybridized carbons (Fsp3) is 0.500. The van der Waals surface area contributed by atoms with E-state index in [1.165, 1.54) is 0 Å². The maximum atomic E-state index is 9.29. The highest BCUT2D eigenvalue weighted by Gasteiger charge is 2.24. The van der Waals surface area contributed by atoms with Crippen LogP contribution in [0.15, 0.2) is 30.6 Å². The third-order valence-corrected chi connectivity index (χ3v) is 6.07. The van der Waals surface area contributed by atoms with Crippen molar-refractivity contribution in [3.63, 3.8) is 0 Å². The number of hydrogen-bond donors (Lipinski definition) is 1. The number of aryl methyl sites for hydroxylation is 1. The van der Waals surface area contributed by atoms with Gasteiger partial charge < -0.3 is 5.32 Å². The predicted molar refractivity (Wildman–Crippen MR) is 114 cm³/mol. The highest BCUT2D eigenvalue weighted by Crippen LogP contribution is 2.31. The van der Waals surface area contributed by atoms with E-state index < -0.39 is 0 Å². The van der Waals surface area contributed by atoms with Crippen molar-refractivity contribution >= 4 is 17.4 Å². The monoisotopic (exact) mass is 397 g/mol. The number of piperidine rings is 1. The molecule has 0 spiro atoms. The molecule has 1 aliphatic heterocycles. The smallest absolute Gasteiger partial charge is 0.133 e. The van der Waals surface area contributed by atoms with Crippen LogP contribution in [-0.2, 0) is 6.54 Å². The van der Waals surface area contributed by atoms with Gasteiger partial charge in [0.2, 0.25) is 0 Å². The molecule has 2 unspecified atom stereocenters. The Labute approximate surface area is 172 Å². The van der Waals surface area contributed by atoms with Gasteiger partial charge in [0.1, 0.15) is 12.1 Å². The van der Waals surface area contributed by atoms with Crippen LogP contribution < -0.4 is 5.32 Å². The van der Waals surface area contributed by atoms with Gasteiger partial charge >= 0.3 is 0 Å². The topological polar surface area (TPSA) is 64.8 Å². The normalized spacial score (nSPS) is 17.7. The maximum absolute atomic E-state index is 9.29. The second-order valence-corrected chi connectivity index (χ2v) is 8.34. The first-order valence-corrected chi connectivity index (χ1v) is 10.4. The first-order valence-electron chi connectivity index (χ1n) is 9.92. The first kappa shape index (κ1) is 20.6. The van der Waals surface area contributed by atoms with Crippen molar-refractivity contribution in [3.05, 3.63) is 53.0 Å². The highest BCUT2D eigenvalue weighted by atomic mass is 35.5. The van der Waals surface area contributed by atoms with Gasteiger partial charge in [-0.3, -0.25) is 4.90 Å². The van der Waals surface area contributed by atoms with Crippen molar-refractivity contribution in [2.75, 3.05) is 18.4 Å². The van der Waals surface area contributed by atoms with E-state index in [1.807, 2.05) is 38.1 Å². The average molecular weight is 398 g/mol. The summed E-state index contributed by atoms with van der Waals surface area (Å²) in [6.45, 7) is 8.99. The predicted octanol–water partition coefficient (Wildman–Crippen LogP) is 4.46. The number of alkyl halides is 1. The minimum Gasteiger partial charge on any atom is -0.367 e. The third kappa shape index (κ3) is 4.81. The molecule has 1 aromatic heterocycles. The van der Waals surface area contributed by atoms with Crippen molar-refractivity contribution in [1.82, 2.24) is 14.9 Å². The number of likely N-dealkylation sites (tertiary alicyclic amines) is 1. The van der Waals surface area contributed by atoms with Gasteiger partial charge in [0.15, 0.2) is 0 Å². The molecule has 1 aliphatic rings. The molecule has 6 heteroatoms. The Balaban J connectivity index is 1.62. The van der Waals surface area contributed by atoms with Gasteiger partial charge in [-0.1, -0.05) is 25.1 Å². The van der Waals surface area contributed by atoms with Gasteiger partial charge in [-0.2, -0.15) is 5.26 Å². The van der Waals surface area contributed by atoms with Crippen LogP contribution in [0.25, 0.3) is 0 Å². The summed E-state index contributed by atoms with van der Waals surface area (Å²) in [6, 6.07) is 10.5. The highest BCUT2D eigenvalue weighted by molar-refractivity contribution is 6.20. The van der Waals surface area contributed by atoms with Crippen LogP contribution in [-0.4, -0.2) is 39.4 Å². The van der Waals surface area contributed by atoms with Crippen LogP contribution in [0.4, 0.5) is 5.82 Å². The van der Waals surface area contributed by atoms with Crippen LogP contribution in [0.5, 0.6) is 0 Å². The van der Waals surface area contributed by atoms with E-state index in [1.54, 1.807) is 6.33 Å². The maximum Gasteiger partial charge on any atom is 0.133 e. The number of halogens is 1. The largest absolute Gasteiger partial charge is 0.367 e. The molecule has 1 fully saturated rings. The molecule has 0 bridgehead atoms. The molecular formula is C22H28ClN5. The van der Waals surface area contributed by atoms with Crippen LogP contribution in [0.2, 0.25) is 0 Å². The number of aromatic nitrogens is 2. The van der Waals surface area contributed by atoms with Crippen molar-refractivity contribution in [1.29, 1.82) is 5.26 Å².